The highest BCUT2D eigenvalue weighted by atomic mass is 35.5. The fourth-order valence-corrected chi connectivity index (χ4v) is 3.76. The van der Waals surface area contributed by atoms with Crippen molar-refractivity contribution in [2.24, 2.45) is 0 Å². The lowest BCUT2D eigenvalue weighted by atomic mass is 10.1. The number of hydrogen-bond acceptors (Lipinski definition) is 5. The summed E-state index contributed by atoms with van der Waals surface area (Å²) < 4.78 is 29.2. The van der Waals surface area contributed by atoms with Gasteiger partial charge in [-0.1, -0.05) is 11.6 Å². The Morgan fingerprint density at radius 3 is 2.81 bits per heavy atom. The van der Waals surface area contributed by atoms with Crippen molar-refractivity contribution in [1.29, 1.82) is 5.26 Å². The molecule has 2 heterocycles. The predicted molar refractivity (Wildman–Crippen MR) is 97.5 cm³/mol. The van der Waals surface area contributed by atoms with E-state index in [0.717, 1.165) is 0 Å². The van der Waals surface area contributed by atoms with Crippen molar-refractivity contribution < 1.29 is 13.5 Å². The van der Waals surface area contributed by atoms with Crippen LogP contribution in [0.4, 0.5) is 5.69 Å². The second-order valence-electron chi connectivity index (χ2n) is 5.90. The second kappa shape index (κ2) is 6.64. The molecule has 0 unspecified atom stereocenters. The lowest BCUT2D eigenvalue weighted by molar-refractivity contribution is 0.132. The molecular formula is C16H16ClN5O3S. The molecule has 8 nitrogen and oxygen atoms in total. The summed E-state index contributed by atoms with van der Waals surface area (Å²) in [5.41, 5.74) is 1.01. The molecular weight excluding hydrogens is 378 g/mol. The molecule has 0 saturated carbocycles. The van der Waals surface area contributed by atoms with Crippen molar-refractivity contribution in [2.45, 2.75) is 30.9 Å². The van der Waals surface area contributed by atoms with Gasteiger partial charge in [0.15, 0.2) is 0 Å². The molecule has 0 aliphatic rings. The smallest absolute Gasteiger partial charge is 0.265 e. The Labute approximate surface area is 155 Å². The first kappa shape index (κ1) is 18.3. The third kappa shape index (κ3) is 3.14. The topological polar surface area (TPSA) is 124 Å². The number of aliphatic hydroxyl groups is 1. The van der Waals surface area contributed by atoms with E-state index < -0.39 is 16.1 Å². The Bertz CT molecular complexity index is 1110. The first-order chi connectivity index (χ1) is 12.2. The predicted octanol–water partition coefficient (Wildman–Crippen LogP) is 2.63. The van der Waals surface area contributed by atoms with E-state index in [9.17, 15) is 13.5 Å². The average molecular weight is 394 g/mol. The molecule has 0 aliphatic carbocycles. The molecule has 3 N–H and O–H groups in total. The van der Waals surface area contributed by atoms with Crippen molar-refractivity contribution in [2.75, 3.05) is 4.72 Å². The van der Waals surface area contributed by atoms with Gasteiger partial charge in [-0.2, -0.15) is 10.4 Å². The minimum atomic E-state index is -3.91. The van der Waals surface area contributed by atoms with Crippen LogP contribution in [0, 0.1) is 11.3 Å². The van der Waals surface area contributed by atoms with Crippen LogP contribution in [0.2, 0.25) is 5.02 Å². The molecule has 26 heavy (non-hydrogen) atoms. The van der Waals surface area contributed by atoms with Crippen molar-refractivity contribution in [3.63, 3.8) is 0 Å². The molecule has 2 atom stereocenters. The lowest BCUT2D eigenvalue weighted by Gasteiger charge is -2.14. The van der Waals surface area contributed by atoms with Gasteiger partial charge in [0.2, 0.25) is 0 Å². The normalized spacial score (nSPS) is 14.1. The number of H-pyrrole nitrogens is 1. The fourth-order valence-electron chi connectivity index (χ4n) is 2.49. The Hall–Kier alpha value is -2.54. The van der Waals surface area contributed by atoms with Gasteiger partial charge >= 0.3 is 0 Å². The van der Waals surface area contributed by atoms with E-state index in [4.69, 9.17) is 16.9 Å². The Morgan fingerprint density at radius 2 is 2.15 bits per heavy atom. The number of sulfonamides is 1. The molecule has 0 spiro atoms. The van der Waals surface area contributed by atoms with Gasteiger partial charge in [0, 0.05) is 17.8 Å². The quantitative estimate of drug-likeness (QED) is 0.614. The number of anilines is 1. The Kier molecular flexibility index (Phi) is 4.66. The van der Waals surface area contributed by atoms with E-state index in [1.54, 1.807) is 13.8 Å². The number of nitrogens with zero attached hydrogens (tertiary/aromatic N) is 3. The molecule has 136 valence electrons. The molecule has 1 aromatic carbocycles. The number of aromatic nitrogens is 3. The minimum absolute atomic E-state index is 0.0415. The minimum Gasteiger partial charge on any atom is -0.391 e. The number of aliphatic hydroxyl groups excluding tert-OH is 1. The zero-order chi connectivity index (χ0) is 19.1. The largest absolute Gasteiger partial charge is 0.391 e. The molecule has 10 heteroatoms. The summed E-state index contributed by atoms with van der Waals surface area (Å²) in [6, 6.07) is 4.68. The maximum Gasteiger partial charge on any atom is 0.265 e. The molecule has 0 aliphatic heterocycles. The van der Waals surface area contributed by atoms with Gasteiger partial charge in [-0.15, -0.1) is 0 Å². The van der Waals surface area contributed by atoms with Gasteiger partial charge in [-0.25, -0.2) is 8.42 Å². The highest BCUT2D eigenvalue weighted by molar-refractivity contribution is 7.92. The van der Waals surface area contributed by atoms with Gasteiger partial charge < -0.3 is 10.1 Å². The highest BCUT2D eigenvalue weighted by Crippen LogP contribution is 2.32. The molecule has 0 bridgehead atoms. The number of nitriles is 1. The van der Waals surface area contributed by atoms with Gasteiger partial charge in [0.25, 0.3) is 10.0 Å². The maximum absolute atomic E-state index is 12.7. The molecule has 0 fully saturated rings. The SMILES string of the molecule is C[C@H]([C@@H](C)O)n1cc(S(=O)(=O)Nc2ccc(Cl)c3c(C#N)c[nH]c23)cn1. The van der Waals surface area contributed by atoms with Gasteiger partial charge in [-0.3, -0.25) is 9.40 Å². The van der Waals surface area contributed by atoms with Crippen LogP contribution in [0.5, 0.6) is 0 Å². The van der Waals surface area contributed by atoms with Crippen molar-refractivity contribution >= 4 is 38.2 Å². The van der Waals surface area contributed by atoms with E-state index in [-0.39, 0.29) is 16.6 Å². The second-order valence-corrected chi connectivity index (χ2v) is 7.99. The third-order valence-electron chi connectivity index (χ3n) is 4.15. The summed E-state index contributed by atoms with van der Waals surface area (Å²) in [5.74, 6) is 0. The molecule has 3 aromatic rings. The Morgan fingerprint density at radius 1 is 1.42 bits per heavy atom. The summed E-state index contributed by atoms with van der Waals surface area (Å²) in [6.07, 6.45) is 3.35. The molecule has 0 radical (unpaired) electrons. The molecule has 2 aromatic heterocycles. The zero-order valence-electron chi connectivity index (χ0n) is 13.9. The highest BCUT2D eigenvalue weighted by Gasteiger charge is 2.21. The van der Waals surface area contributed by atoms with Crippen molar-refractivity contribution in [3.05, 3.63) is 41.3 Å². The standard InChI is InChI=1S/C16H16ClN5O3S/c1-9(10(2)23)22-8-12(7-20-22)26(24,25)21-14-4-3-13(17)15-11(5-18)6-19-16(14)15/h3-4,6-10,19,21,23H,1-2H3/t9-,10-/m1/s1. The number of halogens is 1. The van der Waals surface area contributed by atoms with Crippen LogP contribution in [0.3, 0.4) is 0 Å². The van der Waals surface area contributed by atoms with E-state index >= 15 is 0 Å². The maximum atomic E-state index is 12.7. The van der Waals surface area contributed by atoms with Gasteiger partial charge in [-0.05, 0) is 26.0 Å². The number of aromatic amines is 1. The van der Waals surface area contributed by atoms with Crippen LogP contribution >= 0.6 is 11.6 Å². The van der Waals surface area contributed by atoms with Crippen LogP contribution in [-0.2, 0) is 10.0 Å². The number of hydrogen-bond donors (Lipinski definition) is 3. The van der Waals surface area contributed by atoms with Crippen molar-refractivity contribution in [1.82, 2.24) is 14.8 Å². The van der Waals surface area contributed by atoms with Crippen LogP contribution in [0.15, 0.2) is 35.6 Å². The molecule has 0 saturated heterocycles. The summed E-state index contributed by atoms with van der Waals surface area (Å²) >= 11 is 6.12. The summed E-state index contributed by atoms with van der Waals surface area (Å²) in [4.78, 5) is 2.83. The number of fused-ring (bicyclic) bond motifs is 1. The van der Waals surface area contributed by atoms with Crippen LogP contribution in [0.1, 0.15) is 25.5 Å². The molecule has 3 rings (SSSR count). The van der Waals surface area contributed by atoms with Gasteiger partial charge in [0.05, 0.1) is 40.1 Å². The first-order valence-electron chi connectivity index (χ1n) is 7.69. The number of nitrogens with one attached hydrogen (secondary N) is 2. The van der Waals surface area contributed by atoms with Crippen LogP contribution < -0.4 is 4.72 Å². The van der Waals surface area contributed by atoms with E-state index in [2.05, 4.69) is 14.8 Å². The fraction of sp³-hybridized carbons (Fsp3) is 0.250. The van der Waals surface area contributed by atoms with E-state index in [1.165, 1.54) is 35.4 Å². The van der Waals surface area contributed by atoms with E-state index in [0.29, 0.717) is 21.5 Å². The van der Waals surface area contributed by atoms with Crippen molar-refractivity contribution in [3.8, 4) is 6.07 Å². The van der Waals surface area contributed by atoms with Crippen LogP contribution in [0.25, 0.3) is 10.9 Å². The van der Waals surface area contributed by atoms with E-state index in [1.807, 2.05) is 6.07 Å². The van der Waals surface area contributed by atoms with Crippen LogP contribution in [-0.4, -0.2) is 34.4 Å². The monoisotopic (exact) mass is 393 g/mol. The number of benzene rings is 1. The summed E-state index contributed by atoms with van der Waals surface area (Å²) in [7, 11) is -3.91. The summed E-state index contributed by atoms with van der Waals surface area (Å²) in [6.45, 7) is 3.33. The van der Waals surface area contributed by atoms with Gasteiger partial charge in [0.1, 0.15) is 11.0 Å². The average Bonchev–Trinajstić information content (AvgIpc) is 3.24. The first-order valence-corrected chi connectivity index (χ1v) is 9.55. The zero-order valence-corrected chi connectivity index (χ0v) is 15.5. The third-order valence-corrected chi connectivity index (χ3v) is 5.79. The number of rotatable bonds is 5. The lowest BCUT2D eigenvalue weighted by Crippen LogP contribution is -2.18. The Balaban J connectivity index is 1.99. The summed E-state index contributed by atoms with van der Waals surface area (Å²) in [5, 5.41) is 23.6. The molecule has 0 amide bonds.